The second-order valence-corrected chi connectivity index (χ2v) is 10.8. The predicted molar refractivity (Wildman–Crippen MR) is 174 cm³/mol. The van der Waals surface area contributed by atoms with Crippen molar-refractivity contribution in [2.75, 3.05) is 17.2 Å². The monoisotopic (exact) mass is 609 g/mol. The molecule has 216 valence electrons. The minimum Gasteiger partial charge on any atom is -0.482 e. The molecule has 10 heteroatoms. The lowest BCUT2D eigenvalue weighted by molar-refractivity contribution is -0.118. The highest BCUT2D eigenvalue weighted by Gasteiger charge is 2.10. The number of nitrogens with one attached hydrogen (secondary N) is 3. The molecule has 1 aromatic heterocycles. The molecule has 3 N–H and O–H groups in total. The summed E-state index contributed by atoms with van der Waals surface area (Å²) >= 11 is 7.86. The Balaban J connectivity index is 1.11. The predicted octanol–water partition coefficient (Wildman–Crippen LogP) is 7.61. The van der Waals surface area contributed by atoms with Gasteiger partial charge in [-0.3, -0.25) is 9.59 Å². The Labute approximate surface area is 258 Å². The molecule has 0 aliphatic heterocycles. The topological polar surface area (TPSA) is 105 Å². The van der Waals surface area contributed by atoms with Crippen LogP contribution in [0.3, 0.4) is 0 Å². The van der Waals surface area contributed by atoms with Crippen molar-refractivity contribution < 1.29 is 14.3 Å². The van der Waals surface area contributed by atoms with Gasteiger partial charge in [0.2, 0.25) is 0 Å². The maximum Gasteiger partial charge on any atom is 0.271 e. The third-order valence-corrected chi connectivity index (χ3v) is 7.60. The van der Waals surface area contributed by atoms with E-state index in [2.05, 4.69) is 26.1 Å². The van der Waals surface area contributed by atoms with Crippen LogP contribution in [0.4, 0.5) is 16.5 Å². The summed E-state index contributed by atoms with van der Waals surface area (Å²) in [7, 11) is 0. The standard InChI is InChI=1S/C33H28ClN5O3S/c1-21-7-6-10-28(22(21)2)37-31(40)19-42-30-16-11-23(17-27(30)34)18-35-39-32(41)25-14-12-24(13-15-25)29-20-43-33(38-29)36-26-8-4-3-5-9-26/h3-18,20H,19H2,1-2H3,(H,36,38)(H,37,40)(H,39,41)/b35-18+. The molecule has 43 heavy (non-hydrogen) atoms. The number of hydrazone groups is 1. The molecule has 0 saturated heterocycles. The number of rotatable bonds is 10. The average molecular weight is 610 g/mol. The summed E-state index contributed by atoms with van der Waals surface area (Å²) in [6.45, 7) is 3.74. The van der Waals surface area contributed by atoms with E-state index in [1.54, 1.807) is 30.3 Å². The van der Waals surface area contributed by atoms with E-state index in [0.717, 1.165) is 38.9 Å². The number of thiazole rings is 1. The quantitative estimate of drug-likeness (QED) is 0.112. The Morgan fingerprint density at radius 3 is 2.53 bits per heavy atom. The molecule has 5 rings (SSSR count). The Bertz CT molecular complexity index is 1770. The molecule has 5 aromatic rings. The molecule has 2 amide bonds. The molecule has 0 saturated carbocycles. The molecule has 0 atom stereocenters. The number of nitrogens with zero attached hydrogens (tertiary/aromatic N) is 2. The molecule has 0 spiro atoms. The van der Waals surface area contributed by atoms with Gasteiger partial charge in [-0.1, -0.05) is 54.1 Å². The number of hydrogen-bond donors (Lipinski definition) is 3. The number of anilines is 3. The molecule has 0 bridgehead atoms. The van der Waals surface area contributed by atoms with Crippen LogP contribution in [0.2, 0.25) is 5.02 Å². The number of hydrogen-bond acceptors (Lipinski definition) is 7. The molecule has 4 aromatic carbocycles. The molecular formula is C33H28ClN5O3S. The first-order valence-corrected chi connectivity index (χ1v) is 14.6. The van der Waals surface area contributed by atoms with Gasteiger partial charge in [0.15, 0.2) is 11.7 Å². The molecule has 8 nitrogen and oxygen atoms in total. The van der Waals surface area contributed by atoms with Gasteiger partial charge in [-0.15, -0.1) is 11.3 Å². The Kier molecular flexibility index (Phi) is 9.46. The average Bonchev–Trinajstić information content (AvgIpc) is 3.48. The Morgan fingerprint density at radius 2 is 1.77 bits per heavy atom. The lowest BCUT2D eigenvalue weighted by atomic mass is 10.1. The number of aromatic nitrogens is 1. The van der Waals surface area contributed by atoms with Crippen LogP contribution < -0.4 is 20.8 Å². The van der Waals surface area contributed by atoms with Crippen LogP contribution >= 0.6 is 22.9 Å². The molecule has 0 unspecified atom stereocenters. The first-order chi connectivity index (χ1) is 20.9. The first-order valence-electron chi connectivity index (χ1n) is 13.4. The Hall–Kier alpha value is -4.99. The fourth-order valence-electron chi connectivity index (χ4n) is 4.06. The van der Waals surface area contributed by atoms with E-state index in [4.69, 9.17) is 16.3 Å². The van der Waals surface area contributed by atoms with Crippen molar-refractivity contribution >= 4 is 57.5 Å². The largest absolute Gasteiger partial charge is 0.482 e. The van der Waals surface area contributed by atoms with Crippen molar-refractivity contribution in [2.24, 2.45) is 5.10 Å². The van der Waals surface area contributed by atoms with Gasteiger partial charge in [-0.2, -0.15) is 5.10 Å². The van der Waals surface area contributed by atoms with E-state index in [0.29, 0.717) is 21.9 Å². The zero-order chi connectivity index (χ0) is 30.2. The maximum atomic E-state index is 12.6. The van der Waals surface area contributed by atoms with Crippen LogP contribution in [0.15, 0.2) is 101 Å². The van der Waals surface area contributed by atoms with E-state index >= 15 is 0 Å². The maximum absolute atomic E-state index is 12.6. The van der Waals surface area contributed by atoms with Crippen LogP contribution in [-0.4, -0.2) is 29.6 Å². The minimum atomic E-state index is -0.353. The summed E-state index contributed by atoms with van der Waals surface area (Å²) in [5.74, 6) is -0.280. The van der Waals surface area contributed by atoms with Crippen molar-refractivity contribution in [3.05, 3.63) is 124 Å². The molecule has 0 fully saturated rings. The van der Waals surface area contributed by atoms with Gasteiger partial charge in [0.05, 0.1) is 16.9 Å². The van der Waals surface area contributed by atoms with Crippen LogP contribution in [0.1, 0.15) is 27.0 Å². The summed E-state index contributed by atoms with van der Waals surface area (Å²) in [4.78, 5) is 29.6. The van der Waals surface area contributed by atoms with Crippen molar-refractivity contribution in [2.45, 2.75) is 13.8 Å². The second kappa shape index (κ2) is 13.8. The lowest BCUT2D eigenvalue weighted by Gasteiger charge is -2.12. The number of ether oxygens (including phenoxy) is 1. The zero-order valence-corrected chi connectivity index (χ0v) is 25.0. The van der Waals surface area contributed by atoms with Crippen LogP contribution in [0.5, 0.6) is 5.75 Å². The van der Waals surface area contributed by atoms with Gasteiger partial charge in [-0.25, -0.2) is 10.4 Å². The highest BCUT2D eigenvalue weighted by atomic mass is 35.5. The van der Waals surface area contributed by atoms with E-state index < -0.39 is 0 Å². The van der Waals surface area contributed by atoms with Crippen LogP contribution in [0, 0.1) is 13.8 Å². The highest BCUT2D eigenvalue weighted by molar-refractivity contribution is 7.14. The third kappa shape index (κ3) is 7.85. The highest BCUT2D eigenvalue weighted by Crippen LogP contribution is 2.28. The van der Waals surface area contributed by atoms with Gasteiger partial charge >= 0.3 is 0 Å². The lowest BCUT2D eigenvalue weighted by Crippen LogP contribution is -2.21. The number of para-hydroxylation sites is 1. The number of carbonyl (C=O) groups is 2. The van der Waals surface area contributed by atoms with E-state index in [-0.39, 0.29) is 18.4 Å². The Morgan fingerprint density at radius 1 is 0.977 bits per heavy atom. The van der Waals surface area contributed by atoms with Gasteiger partial charge in [0.25, 0.3) is 11.8 Å². The first kappa shape index (κ1) is 29.5. The second-order valence-electron chi connectivity index (χ2n) is 9.58. The fourth-order valence-corrected chi connectivity index (χ4v) is 5.05. The summed E-state index contributed by atoms with van der Waals surface area (Å²) in [6, 6.07) is 27.7. The van der Waals surface area contributed by atoms with E-state index in [9.17, 15) is 9.59 Å². The summed E-state index contributed by atoms with van der Waals surface area (Å²) in [6.07, 6.45) is 1.48. The van der Waals surface area contributed by atoms with Gasteiger partial charge in [-0.05, 0) is 79.1 Å². The molecule has 0 aliphatic rings. The SMILES string of the molecule is Cc1cccc(NC(=O)COc2ccc(/C=N/NC(=O)c3ccc(-c4csc(Nc5ccccc5)n4)cc3)cc2Cl)c1C. The van der Waals surface area contributed by atoms with Crippen molar-refractivity contribution in [1.29, 1.82) is 0 Å². The normalized spacial score (nSPS) is 10.9. The third-order valence-electron chi connectivity index (χ3n) is 6.55. The fraction of sp³-hybridized carbons (Fsp3) is 0.0909. The molecule has 0 radical (unpaired) electrons. The number of carbonyl (C=O) groups excluding carboxylic acids is 2. The number of benzene rings is 4. The summed E-state index contributed by atoms with van der Waals surface area (Å²) in [5.41, 5.74) is 9.16. The van der Waals surface area contributed by atoms with Crippen molar-refractivity contribution in [1.82, 2.24) is 10.4 Å². The van der Waals surface area contributed by atoms with E-state index in [1.165, 1.54) is 17.6 Å². The summed E-state index contributed by atoms with van der Waals surface area (Å²) in [5, 5.41) is 13.2. The van der Waals surface area contributed by atoms with Crippen LogP contribution in [0.25, 0.3) is 11.3 Å². The number of amides is 2. The van der Waals surface area contributed by atoms with Gasteiger partial charge < -0.3 is 15.4 Å². The van der Waals surface area contributed by atoms with Crippen molar-refractivity contribution in [3.8, 4) is 17.0 Å². The summed E-state index contributed by atoms with van der Waals surface area (Å²) < 4.78 is 5.60. The van der Waals surface area contributed by atoms with Crippen LogP contribution in [-0.2, 0) is 4.79 Å². The zero-order valence-electron chi connectivity index (χ0n) is 23.4. The van der Waals surface area contributed by atoms with E-state index in [1.807, 2.05) is 79.9 Å². The molecule has 0 aliphatic carbocycles. The van der Waals surface area contributed by atoms with Gasteiger partial charge in [0.1, 0.15) is 5.75 Å². The smallest absolute Gasteiger partial charge is 0.271 e. The molecule has 1 heterocycles. The van der Waals surface area contributed by atoms with Gasteiger partial charge in [0, 0.05) is 27.9 Å². The number of halogens is 1. The van der Waals surface area contributed by atoms with Crippen molar-refractivity contribution in [3.63, 3.8) is 0 Å². The molecular weight excluding hydrogens is 582 g/mol. The minimum absolute atomic E-state index is 0.191. The number of aryl methyl sites for hydroxylation is 1.